The molecule has 1 fully saturated rings. The maximum Gasteiger partial charge on any atom is 0.234 e. The van der Waals surface area contributed by atoms with Crippen LogP contribution in [0, 0.1) is 0 Å². The number of carbonyl (C=O) groups is 1. The van der Waals surface area contributed by atoms with Crippen molar-refractivity contribution in [2.24, 2.45) is 5.73 Å². The molecule has 0 radical (unpaired) electrons. The maximum atomic E-state index is 11.3. The van der Waals surface area contributed by atoms with E-state index < -0.39 is 10.0 Å². The molecule has 0 aromatic rings. The molecule has 94 valence electrons. The van der Waals surface area contributed by atoms with E-state index in [1.54, 1.807) is 6.92 Å². The molecule has 0 bridgehead atoms. The lowest BCUT2D eigenvalue weighted by Crippen LogP contribution is -2.50. The first kappa shape index (κ1) is 13.4. The molecule has 1 heterocycles. The lowest BCUT2D eigenvalue weighted by atomic mass is 10.1. The Morgan fingerprint density at radius 2 is 1.94 bits per heavy atom. The van der Waals surface area contributed by atoms with Crippen LogP contribution >= 0.6 is 0 Å². The van der Waals surface area contributed by atoms with Gasteiger partial charge in [0.15, 0.2) is 0 Å². The second-order valence-corrected chi connectivity index (χ2v) is 6.21. The Morgan fingerprint density at radius 3 is 2.31 bits per heavy atom. The first-order valence-electron chi connectivity index (χ1n) is 5.31. The third-order valence-electron chi connectivity index (χ3n) is 2.84. The first-order chi connectivity index (χ1) is 7.30. The minimum atomic E-state index is -3.08. The van der Waals surface area contributed by atoms with Crippen molar-refractivity contribution in [2.45, 2.75) is 31.8 Å². The highest BCUT2D eigenvalue weighted by molar-refractivity contribution is 7.88. The summed E-state index contributed by atoms with van der Waals surface area (Å²) in [6.45, 7) is 2.72. The Kier molecular flexibility index (Phi) is 4.28. The van der Waals surface area contributed by atoms with Crippen LogP contribution in [0.2, 0.25) is 0 Å². The lowest BCUT2D eigenvalue weighted by Gasteiger charge is -2.31. The van der Waals surface area contributed by atoms with Crippen LogP contribution < -0.4 is 11.1 Å². The molecule has 16 heavy (non-hydrogen) atoms. The van der Waals surface area contributed by atoms with E-state index in [0.717, 1.165) is 0 Å². The van der Waals surface area contributed by atoms with Gasteiger partial charge in [-0.05, 0) is 19.8 Å². The summed E-state index contributed by atoms with van der Waals surface area (Å²) in [5.74, 6) is -0.384. The molecule has 3 N–H and O–H groups in total. The molecule has 1 aliphatic rings. The molecule has 0 saturated carbocycles. The molecule has 1 amide bonds. The number of nitrogens with two attached hydrogens (primary N) is 1. The second kappa shape index (κ2) is 5.11. The van der Waals surface area contributed by atoms with Gasteiger partial charge >= 0.3 is 0 Å². The van der Waals surface area contributed by atoms with Gasteiger partial charge in [-0.1, -0.05) is 0 Å². The van der Waals surface area contributed by atoms with E-state index in [1.807, 2.05) is 0 Å². The molecule has 0 spiro atoms. The van der Waals surface area contributed by atoms with Crippen LogP contribution in [0.3, 0.4) is 0 Å². The van der Waals surface area contributed by atoms with Crippen LogP contribution in [0.1, 0.15) is 19.8 Å². The molecule has 7 heteroatoms. The molecule has 1 saturated heterocycles. The quantitative estimate of drug-likeness (QED) is 0.659. The Hall–Kier alpha value is -0.660. The first-order valence-corrected chi connectivity index (χ1v) is 7.16. The number of amides is 1. The largest absolute Gasteiger partial charge is 0.368 e. The van der Waals surface area contributed by atoms with Crippen LogP contribution in [0.25, 0.3) is 0 Å². The lowest BCUT2D eigenvalue weighted by molar-refractivity contribution is -0.119. The zero-order valence-electron chi connectivity index (χ0n) is 9.64. The van der Waals surface area contributed by atoms with Crippen molar-refractivity contribution >= 4 is 15.9 Å². The predicted octanol–water partition coefficient (Wildman–Crippen LogP) is -1.13. The molecule has 1 unspecified atom stereocenters. The fourth-order valence-corrected chi connectivity index (χ4v) is 2.66. The van der Waals surface area contributed by atoms with Crippen molar-refractivity contribution in [1.29, 1.82) is 0 Å². The monoisotopic (exact) mass is 249 g/mol. The summed E-state index contributed by atoms with van der Waals surface area (Å²) in [4.78, 5) is 10.8. The van der Waals surface area contributed by atoms with Crippen molar-refractivity contribution in [2.75, 3.05) is 19.3 Å². The number of primary amides is 1. The van der Waals surface area contributed by atoms with Gasteiger partial charge in [0.25, 0.3) is 0 Å². The van der Waals surface area contributed by atoms with Gasteiger partial charge in [-0.2, -0.15) is 0 Å². The van der Waals surface area contributed by atoms with Crippen LogP contribution in [0.5, 0.6) is 0 Å². The topological polar surface area (TPSA) is 92.5 Å². The number of hydrogen-bond acceptors (Lipinski definition) is 4. The summed E-state index contributed by atoms with van der Waals surface area (Å²) in [6.07, 6.45) is 2.64. The minimum Gasteiger partial charge on any atom is -0.368 e. The Balaban J connectivity index is 2.41. The minimum absolute atomic E-state index is 0.167. The van der Waals surface area contributed by atoms with Crippen molar-refractivity contribution in [3.05, 3.63) is 0 Å². The molecule has 0 aromatic heterocycles. The zero-order valence-corrected chi connectivity index (χ0v) is 10.5. The molecule has 1 atom stereocenters. The third kappa shape index (κ3) is 3.73. The van der Waals surface area contributed by atoms with E-state index in [1.165, 1.54) is 10.6 Å². The summed E-state index contributed by atoms with van der Waals surface area (Å²) < 4.78 is 24.0. The normalized spacial score (nSPS) is 21.9. The summed E-state index contributed by atoms with van der Waals surface area (Å²) in [7, 11) is -3.08. The predicted molar refractivity (Wildman–Crippen MR) is 61.2 cm³/mol. The Morgan fingerprint density at radius 1 is 1.44 bits per heavy atom. The SMILES string of the molecule is CC(NC1CCN(S(C)(=O)=O)CC1)C(N)=O. The smallest absolute Gasteiger partial charge is 0.234 e. The van der Waals surface area contributed by atoms with Crippen LogP contribution in [-0.4, -0.2) is 50.1 Å². The molecule has 1 aliphatic heterocycles. The fourth-order valence-electron chi connectivity index (χ4n) is 1.79. The van der Waals surface area contributed by atoms with E-state index in [-0.39, 0.29) is 18.0 Å². The standard InChI is InChI=1S/C9H19N3O3S/c1-7(9(10)13)11-8-3-5-12(6-4-8)16(2,14)15/h7-8,11H,3-6H2,1-2H3,(H2,10,13). The highest BCUT2D eigenvalue weighted by atomic mass is 32.2. The zero-order chi connectivity index (χ0) is 12.3. The molecular formula is C9H19N3O3S. The van der Waals surface area contributed by atoms with Crippen LogP contribution in [0.15, 0.2) is 0 Å². The highest BCUT2D eigenvalue weighted by Gasteiger charge is 2.26. The van der Waals surface area contributed by atoms with Crippen LogP contribution in [-0.2, 0) is 14.8 Å². The average Bonchev–Trinajstić information content (AvgIpc) is 2.17. The van der Waals surface area contributed by atoms with Gasteiger partial charge in [-0.25, -0.2) is 12.7 Å². The van der Waals surface area contributed by atoms with Crippen molar-refractivity contribution in [1.82, 2.24) is 9.62 Å². The summed E-state index contributed by atoms with van der Waals surface area (Å²) >= 11 is 0. The summed E-state index contributed by atoms with van der Waals surface area (Å²) in [5, 5.41) is 3.09. The van der Waals surface area contributed by atoms with E-state index in [0.29, 0.717) is 25.9 Å². The van der Waals surface area contributed by atoms with E-state index in [4.69, 9.17) is 5.73 Å². The fraction of sp³-hybridized carbons (Fsp3) is 0.889. The van der Waals surface area contributed by atoms with E-state index in [9.17, 15) is 13.2 Å². The molecule has 0 aliphatic carbocycles. The number of rotatable bonds is 4. The number of nitrogens with zero attached hydrogens (tertiary/aromatic N) is 1. The summed E-state index contributed by atoms with van der Waals surface area (Å²) in [5.41, 5.74) is 5.14. The van der Waals surface area contributed by atoms with Gasteiger partial charge < -0.3 is 11.1 Å². The molecular weight excluding hydrogens is 230 g/mol. The average molecular weight is 249 g/mol. The highest BCUT2D eigenvalue weighted by Crippen LogP contribution is 2.13. The maximum absolute atomic E-state index is 11.3. The van der Waals surface area contributed by atoms with Gasteiger partial charge in [-0.3, -0.25) is 4.79 Å². The van der Waals surface area contributed by atoms with Gasteiger partial charge in [-0.15, -0.1) is 0 Å². The van der Waals surface area contributed by atoms with Crippen molar-refractivity contribution in [3.8, 4) is 0 Å². The van der Waals surface area contributed by atoms with Gasteiger partial charge in [0.05, 0.1) is 12.3 Å². The summed E-state index contributed by atoms with van der Waals surface area (Å²) in [6, 6.07) is -0.199. The number of hydrogen-bond donors (Lipinski definition) is 2. The number of carbonyl (C=O) groups excluding carboxylic acids is 1. The van der Waals surface area contributed by atoms with E-state index in [2.05, 4.69) is 5.32 Å². The number of nitrogens with one attached hydrogen (secondary N) is 1. The molecule has 6 nitrogen and oxygen atoms in total. The third-order valence-corrected chi connectivity index (χ3v) is 4.14. The Bertz CT molecular complexity index is 347. The number of piperidine rings is 1. The van der Waals surface area contributed by atoms with Gasteiger partial charge in [0.2, 0.25) is 15.9 Å². The van der Waals surface area contributed by atoms with Crippen molar-refractivity contribution < 1.29 is 13.2 Å². The van der Waals surface area contributed by atoms with Gasteiger partial charge in [0, 0.05) is 19.1 Å². The van der Waals surface area contributed by atoms with Gasteiger partial charge in [0.1, 0.15) is 0 Å². The molecule has 0 aromatic carbocycles. The van der Waals surface area contributed by atoms with E-state index >= 15 is 0 Å². The van der Waals surface area contributed by atoms with Crippen molar-refractivity contribution in [3.63, 3.8) is 0 Å². The molecule has 1 rings (SSSR count). The van der Waals surface area contributed by atoms with Crippen LogP contribution in [0.4, 0.5) is 0 Å². The Labute approximate surface area is 96.2 Å². The number of sulfonamides is 1. The second-order valence-electron chi connectivity index (χ2n) is 4.23.